The first-order valence-electron chi connectivity index (χ1n) is 7.46. The standard InChI is InChI=1S/C14H33N3/c1-4-7-8-9-10-11-14(16-15)12-13-17(5-2)6-3/h14,16H,4-13,15H2,1-3H3. The van der Waals surface area contributed by atoms with Gasteiger partial charge in [0.05, 0.1) is 0 Å². The van der Waals surface area contributed by atoms with Crippen molar-refractivity contribution in [3.05, 3.63) is 0 Å². The van der Waals surface area contributed by atoms with Gasteiger partial charge in [0.2, 0.25) is 0 Å². The summed E-state index contributed by atoms with van der Waals surface area (Å²) in [5.74, 6) is 5.61. The molecule has 0 aromatic carbocycles. The number of unbranched alkanes of at least 4 members (excludes halogenated alkanes) is 4. The van der Waals surface area contributed by atoms with Crippen LogP contribution >= 0.6 is 0 Å². The third kappa shape index (κ3) is 9.57. The van der Waals surface area contributed by atoms with E-state index in [1.54, 1.807) is 0 Å². The second-order valence-corrected chi connectivity index (χ2v) is 4.88. The first kappa shape index (κ1) is 16.9. The average molecular weight is 243 g/mol. The third-order valence-corrected chi connectivity index (χ3v) is 3.58. The van der Waals surface area contributed by atoms with Crippen LogP contribution in [0.5, 0.6) is 0 Å². The topological polar surface area (TPSA) is 41.3 Å². The lowest BCUT2D eigenvalue weighted by Crippen LogP contribution is -2.38. The molecule has 3 N–H and O–H groups in total. The quantitative estimate of drug-likeness (QED) is 0.315. The van der Waals surface area contributed by atoms with Crippen LogP contribution in [0.2, 0.25) is 0 Å². The van der Waals surface area contributed by atoms with Crippen molar-refractivity contribution in [1.82, 2.24) is 10.3 Å². The summed E-state index contributed by atoms with van der Waals surface area (Å²) in [5.41, 5.74) is 2.97. The maximum atomic E-state index is 5.61. The predicted octanol–water partition coefficient (Wildman–Crippen LogP) is 2.91. The van der Waals surface area contributed by atoms with Gasteiger partial charge in [-0.15, -0.1) is 0 Å². The molecule has 0 saturated heterocycles. The van der Waals surface area contributed by atoms with Gasteiger partial charge in [0.1, 0.15) is 0 Å². The predicted molar refractivity (Wildman–Crippen MR) is 76.9 cm³/mol. The summed E-state index contributed by atoms with van der Waals surface area (Å²) in [7, 11) is 0. The Bertz CT molecular complexity index is 146. The molecule has 0 bridgehead atoms. The highest BCUT2D eigenvalue weighted by Crippen LogP contribution is 2.09. The van der Waals surface area contributed by atoms with Crippen molar-refractivity contribution in [3.8, 4) is 0 Å². The van der Waals surface area contributed by atoms with Crippen LogP contribution in [0.15, 0.2) is 0 Å². The summed E-state index contributed by atoms with van der Waals surface area (Å²) in [6.45, 7) is 10.2. The minimum Gasteiger partial charge on any atom is -0.304 e. The molecule has 0 aliphatic heterocycles. The molecular formula is C14H33N3. The number of hydrogen-bond acceptors (Lipinski definition) is 3. The molecule has 3 heteroatoms. The molecule has 0 aliphatic carbocycles. The molecule has 1 atom stereocenters. The van der Waals surface area contributed by atoms with E-state index in [0.717, 1.165) is 19.6 Å². The molecule has 0 aromatic rings. The molecule has 3 nitrogen and oxygen atoms in total. The molecule has 0 spiro atoms. The van der Waals surface area contributed by atoms with Crippen LogP contribution in [0.3, 0.4) is 0 Å². The maximum absolute atomic E-state index is 5.61. The van der Waals surface area contributed by atoms with Crippen molar-refractivity contribution < 1.29 is 0 Å². The van der Waals surface area contributed by atoms with E-state index < -0.39 is 0 Å². The fraction of sp³-hybridized carbons (Fsp3) is 1.00. The maximum Gasteiger partial charge on any atom is 0.0222 e. The third-order valence-electron chi connectivity index (χ3n) is 3.58. The Morgan fingerprint density at radius 1 is 0.941 bits per heavy atom. The first-order valence-corrected chi connectivity index (χ1v) is 7.46. The first-order chi connectivity index (χ1) is 8.28. The van der Waals surface area contributed by atoms with E-state index in [4.69, 9.17) is 5.84 Å². The summed E-state index contributed by atoms with van der Waals surface area (Å²) in [6, 6.07) is 0.497. The van der Waals surface area contributed by atoms with E-state index >= 15 is 0 Å². The average Bonchev–Trinajstić information content (AvgIpc) is 2.37. The van der Waals surface area contributed by atoms with Gasteiger partial charge in [0, 0.05) is 6.04 Å². The summed E-state index contributed by atoms with van der Waals surface area (Å²) in [4.78, 5) is 2.46. The molecule has 17 heavy (non-hydrogen) atoms. The van der Waals surface area contributed by atoms with E-state index in [9.17, 15) is 0 Å². The van der Waals surface area contributed by atoms with Crippen LogP contribution < -0.4 is 11.3 Å². The van der Waals surface area contributed by atoms with Gasteiger partial charge in [-0.3, -0.25) is 11.3 Å². The minimum atomic E-state index is 0.497. The van der Waals surface area contributed by atoms with Gasteiger partial charge >= 0.3 is 0 Å². The Labute approximate surface area is 108 Å². The molecule has 0 radical (unpaired) electrons. The second-order valence-electron chi connectivity index (χ2n) is 4.88. The van der Waals surface area contributed by atoms with Crippen molar-refractivity contribution in [2.75, 3.05) is 19.6 Å². The zero-order valence-electron chi connectivity index (χ0n) is 12.2. The smallest absolute Gasteiger partial charge is 0.0222 e. The van der Waals surface area contributed by atoms with E-state index in [-0.39, 0.29) is 0 Å². The number of nitrogens with zero attached hydrogens (tertiary/aromatic N) is 1. The van der Waals surface area contributed by atoms with Gasteiger partial charge in [-0.05, 0) is 32.5 Å². The van der Waals surface area contributed by atoms with Crippen molar-refractivity contribution in [2.24, 2.45) is 5.84 Å². The highest BCUT2D eigenvalue weighted by atomic mass is 15.2. The van der Waals surface area contributed by atoms with Crippen molar-refractivity contribution in [2.45, 2.75) is 71.8 Å². The summed E-state index contributed by atoms with van der Waals surface area (Å²) in [6.07, 6.45) is 9.14. The monoisotopic (exact) mass is 243 g/mol. The molecule has 0 amide bonds. The van der Waals surface area contributed by atoms with Gasteiger partial charge in [-0.25, -0.2) is 0 Å². The number of nitrogens with two attached hydrogens (primary N) is 1. The van der Waals surface area contributed by atoms with Gasteiger partial charge in [0.25, 0.3) is 0 Å². The molecule has 0 aliphatic rings. The van der Waals surface area contributed by atoms with Crippen LogP contribution in [0.25, 0.3) is 0 Å². The van der Waals surface area contributed by atoms with Crippen LogP contribution in [0, 0.1) is 0 Å². The fourth-order valence-electron chi connectivity index (χ4n) is 2.18. The highest BCUT2D eigenvalue weighted by molar-refractivity contribution is 4.66. The second kappa shape index (κ2) is 12.3. The van der Waals surface area contributed by atoms with E-state index in [2.05, 4.69) is 31.1 Å². The molecule has 0 fully saturated rings. The Morgan fingerprint density at radius 2 is 1.59 bits per heavy atom. The lowest BCUT2D eigenvalue weighted by atomic mass is 10.0. The van der Waals surface area contributed by atoms with Gasteiger partial charge < -0.3 is 4.90 Å². The van der Waals surface area contributed by atoms with E-state index in [0.29, 0.717) is 6.04 Å². The zero-order valence-corrected chi connectivity index (χ0v) is 12.2. The molecule has 0 saturated carbocycles. The fourth-order valence-corrected chi connectivity index (χ4v) is 2.18. The van der Waals surface area contributed by atoms with Gasteiger partial charge in [0.15, 0.2) is 0 Å². The van der Waals surface area contributed by atoms with Crippen LogP contribution in [-0.4, -0.2) is 30.6 Å². The van der Waals surface area contributed by atoms with Gasteiger partial charge in [-0.2, -0.15) is 0 Å². The summed E-state index contributed by atoms with van der Waals surface area (Å²) < 4.78 is 0. The normalized spacial score (nSPS) is 13.2. The lowest BCUT2D eigenvalue weighted by Gasteiger charge is -2.22. The van der Waals surface area contributed by atoms with E-state index in [1.165, 1.54) is 44.9 Å². The van der Waals surface area contributed by atoms with Crippen LogP contribution in [-0.2, 0) is 0 Å². The van der Waals surface area contributed by atoms with Crippen molar-refractivity contribution in [3.63, 3.8) is 0 Å². The largest absolute Gasteiger partial charge is 0.304 e. The Kier molecular flexibility index (Phi) is 12.3. The number of rotatable bonds is 12. The lowest BCUT2D eigenvalue weighted by molar-refractivity contribution is 0.276. The van der Waals surface area contributed by atoms with Gasteiger partial charge in [-0.1, -0.05) is 52.9 Å². The Hall–Kier alpha value is -0.120. The van der Waals surface area contributed by atoms with E-state index in [1.807, 2.05) is 0 Å². The summed E-state index contributed by atoms with van der Waals surface area (Å²) in [5, 5.41) is 0. The summed E-state index contributed by atoms with van der Waals surface area (Å²) >= 11 is 0. The Morgan fingerprint density at radius 3 is 2.12 bits per heavy atom. The zero-order chi connectivity index (χ0) is 12.9. The van der Waals surface area contributed by atoms with Crippen LogP contribution in [0.1, 0.15) is 65.7 Å². The minimum absolute atomic E-state index is 0.497. The van der Waals surface area contributed by atoms with Crippen molar-refractivity contribution in [1.29, 1.82) is 0 Å². The van der Waals surface area contributed by atoms with Crippen molar-refractivity contribution >= 4 is 0 Å². The molecule has 104 valence electrons. The van der Waals surface area contributed by atoms with Crippen LogP contribution in [0.4, 0.5) is 0 Å². The number of nitrogens with one attached hydrogen (secondary N) is 1. The number of hydrogen-bond donors (Lipinski definition) is 2. The highest BCUT2D eigenvalue weighted by Gasteiger charge is 2.08. The molecule has 0 rings (SSSR count). The molecule has 0 heterocycles. The number of hydrazine groups is 1. The molecule has 1 unspecified atom stereocenters. The Balaban J connectivity index is 3.54. The molecule has 0 aromatic heterocycles. The molecular weight excluding hydrogens is 210 g/mol. The SMILES string of the molecule is CCCCCCCC(CCN(CC)CC)NN.